The van der Waals surface area contributed by atoms with Crippen molar-refractivity contribution in [3.8, 4) is 0 Å². The molecule has 1 rings (SSSR count). The van der Waals surface area contributed by atoms with Crippen molar-refractivity contribution in [2.45, 2.75) is 52.0 Å². The van der Waals surface area contributed by atoms with Gasteiger partial charge in [-0.25, -0.2) is 4.79 Å². The quantitative estimate of drug-likeness (QED) is 0.530. The van der Waals surface area contributed by atoms with Crippen molar-refractivity contribution < 1.29 is 19.1 Å². The third-order valence-corrected chi connectivity index (χ3v) is 3.46. The Hall–Kier alpha value is -1.52. The number of ether oxygens (including phenoxy) is 2. The van der Waals surface area contributed by atoms with Gasteiger partial charge in [0.05, 0.1) is 20.1 Å². The standard InChI is InChI=1S/C15H25NO4/c1-4-7-12(10-14(17)19-3)16-9-6-8-13(16)11-15(18)20-5-2/h11-12H,4-10H2,1-3H3/b13-11+/t12-/m1/s1. The van der Waals surface area contributed by atoms with Gasteiger partial charge in [-0.3, -0.25) is 4.79 Å². The summed E-state index contributed by atoms with van der Waals surface area (Å²) < 4.78 is 9.73. The molecule has 0 aliphatic carbocycles. The highest BCUT2D eigenvalue weighted by molar-refractivity contribution is 5.82. The Bertz CT molecular complexity index is 365. The summed E-state index contributed by atoms with van der Waals surface area (Å²) in [6, 6.07) is 0.107. The van der Waals surface area contributed by atoms with Crippen LogP contribution in [0.1, 0.15) is 46.0 Å². The van der Waals surface area contributed by atoms with E-state index in [4.69, 9.17) is 9.47 Å². The van der Waals surface area contributed by atoms with E-state index in [-0.39, 0.29) is 18.0 Å². The van der Waals surface area contributed by atoms with Crippen LogP contribution in [0.15, 0.2) is 11.8 Å². The lowest BCUT2D eigenvalue weighted by Crippen LogP contribution is -2.34. The topological polar surface area (TPSA) is 55.8 Å². The average Bonchev–Trinajstić information content (AvgIpc) is 2.86. The number of methoxy groups -OCH3 is 1. The molecule has 0 spiro atoms. The molecule has 1 atom stereocenters. The molecule has 0 aromatic rings. The summed E-state index contributed by atoms with van der Waals surface area (Å²) in [5.41, 5.74) is 0.978. The Morgan fingerprint density at radius 1 is 1.40 bits per heavy atom. The Labute approximate surface area is 120 Å². The predicted octanol–water partition coefficient (Wildman–Crippen LogP) is 2.26. The molecular formula is C15H25NO4. The lowest BCUT2D eigenvalue weighted by Gasteiger charge is -2.30. The van der Waals surface area contributed by atoms with E-state index in [1.807, 2.05) is 0 Å². The van der Waals surface area contributed by atoms with Gasteiger partial charge in [-0.1, -0.05) is 13.3 Å². The van der Waals surface area contributed by atoms with Gasteiger partial charge < -0.3 is 14.4 Å². The van der Waals surface area contributed by atoms with E-state index in [0.717, 1.165) is 37.9 Å². The maximum atomic E-state index is 11.6. The van der Waals surface area contributed by atoms with Crippen molar-refractivity contribution in [1.82, 2.24) is 4.90 Å². The number of carbonyl (C=O) groups is 2. The van der Waals surface area contributed by atoms with Gasteiger partial charge in [-0.15, -0.1) is 0 Å². The number of likely N-dealkylation sites (tertiary alicyclic amines) is 1. The predicted molar refractivity (Wildman–Crippen MR) is 76.0 cm³/mol. The smallest absolute Gasteiger partial charge is 0.332 e. The van der Waals surface area contributed by atoms with Gasteiger partial charge in [0.15, 0.2) is 0 Å². The van der Waals surface area contributed by atoms with E-state index in [1.54, 1.807) is 13.0 Å². The van der Waals surface area contributed by atoms with Crippen molar-refractivity contribution in [1.29, 1.82) is 0 Å². The minimum Gasteiger partial charge on any atom is -0.469 e. The zero-order valence-electron chi connectivity index (χ0n) is 12.7. The van der Waals surface area contributed by atoms with Gasteiger partial charge in [0, 0.05) is 24.4 Å². The van der Waals surface area contributed by atoms with Crippen LogP contribution < -0.4 is 0 Å². The van der Waals surface area contributed by atoms with Gasteiger partial charge in [0.2, 0.25) is 0 Å². The van der Waals surface area contributed by atoms with E-state index in [1.165, 1.54) is 7.11 Å². The second-order valence-corrected chi connectivity index (χ2v) is 4.91. The van der Waals surface area contributed by atoms with Gasteiger partial charge in [-0.05, 0) is 26.2 Å². The largest absolute Gasteiger partial charge is 0.469 e. The first kappa shape index (κ1) is 16.5. The molecule has 0 amide bonds. The van der Waals surface area contributed by atoms with Crippen LogP contribution >= 0.6 is 0 Å². The van der Waals surface area contributed by atoms with Crippen LogP contribution in [0.4, 0.5) is 0 Å². The highest BCUT2D eigenvalue weighted by atomic mass is 16.5. The summed E-state index contributed by atoms with van der Waals surface area (Å²) in [5.74, 6) is -0.506. The van der Waals surface area contributed by atoms with Crippen molar-refractivity contribution in [3.05, 3.63) is 11.8 Å². The van der Waals surface area contributed by atoms with E-state index in [0.29, 0.717) is 13.0 Å². The Balaban J connectivity index is 2.77. The van der Waals surface area contributed by atoms with Gasteiger partial charge in [-0.2, -0.15) is 0 Å². The lowest BCUT2D eigenvalue weighted by atomic mass is 10.1. The van der Waals surface area contributed by atoms with Crippen LogP contribution in [0.5, 0.6) is 0 Å². The minimum atomic E-state index is -0.303. The SMILES string of the molecule is CCC[C@H](CC(=O)OC)N1CCC/C1=C\C(=O)OCC. The van der Waals surface area contributed by atoms with E-state index < -0.39 is 0 Å². The molecule has 1 aliphatic heterocycles. The average molecular weight is 283 g/mol. The molecule has 0 unspecified atom stereocenters. The fourth-order valence-corrected chi connectivity index (χ4v) is 2.59. The molecule has 0 bridgehead atoms. The summed E-state index contributed by atoms with van der Waals surface area (Å²) >= 11 is 0. The lowest BCUT2D eigenvalue weighted by molar-refractivity contribution is -0.141. The molecule has 0 N–H and O–H groups in total. The summed E-state index contributed by atoms with van der Waals surface area (Å²) in [4.78, 5) is 25.3. The first-order chi connectivity index (χ1) is 9.62. The van der Waals surface area contributed by atoms with Gasteiger partial charge >= 0.3 is 11.9 Å². The summed E-state index contributed by atoms with van der Waals surface area (Å²) in [6.45, 7) is 5.14. The monoisotopic (exact) mass is 283 g/mol. The third kappa shape index (κ3) is 4.87. The first-order valence-electron chi connectivity index (χ1n) is 7.33. The molecule has 20 heavy (non-hydrogen) atoms. The summed E-state index contributed by atoms with van der Waals surface area (Å²) in [7, 11) is 1.41. The van der Waals surface area contributed by atoms with E-state index >= 15 is 0 Å². The highest BCUT2D eigenvalue weighted by Crippen LogP contribution is 2.27. The molecule has 5 nitrogen and oxygen atoms in total. The normalized spacial score (nSPS) is 18.1. The number of carbonyl (C=O) groups excluding carboxylic acids is 2. The molecule has 0 aromatic heterocycles. The maximum absolute atomic E-state index is 11.6. The molecule has 1 heterocycles. The Kier molecular flexibility index (Phi) is 7.12. The molecular weight excluding hydrogens is 258 g/mol. The van der Waals surface area contributed by atoms with Gasteiger partial charge in [0.25, 0.3) is 0 Å². The second kappa shape index (κ2) is 8.61. The molecule has 1 saturated heterocycles. The number of rotatable bonds is 7. The fraction of sp³-hybridized carbons (Fsp3) is 0.733. The molecule has 0 saturated carbocycles. The molecule has 1 fully saturated rings. The fourth-order valence-electron chi connectivity index (χ4n) is 2.59. The minimum absolute atomic E-state index is 0.107. The number of hydrogen-bond acceptors (Lipinski definition) is 5. The zero-order chi connectivity index (χ0) is 15.0. The molecule has 114 valence electrons. The van der Waals surface area contributed by atoms with Crippen molar-refractivity contribution in [3.63, 3.8) is 0 Å². The Morgan fingerprint density at radius 2 is 2.15 bits per heavy atom. The van der Waals surface area contributed by atoms with Gasteiger partial charge in [0.1, 0.15) is 0 Å². The van der Waals surface area contributed by atoms with Crippen LogP contribution in [0, 0.1) is 0 Å². The van der Waals surface area contributed by atoms with Crippen LogP contribution in [0.25, 0.3) is 0 Å². The Morgan fingerprint density at radius 3 is 2.75 bits per heavy atom. The van der Waals surface area contributed by atoms with Crippen LogP contribution in [-0.4, -0.2) is 43.1 Å². The van der Waals surface area contributed by atoms with Crippen LogP contribution in [0.2, 0.25) is 0 Å². The number of esters is 2. The second-order valence-electron chi connectivity index (χ2n) is 4.91. The first-order valence-corrected chi connectivity index (χ1v) is 7.33. The highest BCUT2D eigenvalue weighted by Gasteiger charge is 2.27. The summed E-state index contributed by atoms with van der Waals surface area (Å²) in [5, 5.41) is 0. The van der Waals surface area contributed by atoms with E-state index in [9.17, 15) is 9.59 Å². The number of allylic oxidation sites excluding steroid dienone is 1. The third-order valence-electron chi connectivity index (χ3n) is 3.46. The number of nitrogens with zero attached hydrogens (tertiary/aromatic N) is 1. The van der Waals surface area contributed by atoms with Crippen molar-refractivity contribution >= 4 is 11.9 Å². The number of hydrogen-bond donors (Lipinski definition) is 0. The maximum Gasteiger partial charge on any atom is 0.332 e. The molecule has 1 aliphatic rings. The molecule has 0 aromatic carbocycles. The zero-order valence-corrected chi connectivity index (χ0v) is 12.7. The van der Waals surface area contributed by atoms with Crippen molar-refractivity contribution in [2.75, 3.05) is 20.3 Å². The van der Waals surface area contributed by atoms with Crippen LogP contribution in [-0.2, 0) is 19.1 Å². The van der Waals surface area contributed by atoms with Crippen LogP contribution in [0.3, 0.4) is 0 Å². The molecule has 0 radical (unpaired) electrons. The summed E-state index contributed by atoms with van der Waals surface area (Å²) in [6.07, 6.45) is 5.70. The van der Waals surface area contributed by atoms with Crippen molar-refractivity contribution in [2.24, 2.45) is 0 Å². The van der Waals surface area contributed by atoms with E-state index in [2.05, 4.69) is 11.8 Å². The molecule has 5 heteroatoms.